The molecule has 0 amide bonds. The van der Waals surface area contributed by atoms with Crippen molar-refractivity contribution >= 4 is 17.4 Å². The minimum atomic E-state index is -0.440. The van der Waals surface area contributed by atoms with Crippen molar-refractivity contribution in [2.24, 2.45) is 5.73 Å². The third-order valence-electron chi connectivity index (χ3n) is 3.17. The van der Waals surface area contributed by atoms with Gasteiger partial charge in [-0.05, 0) is 43.2 Å². The molecule has 0 spiro atoms. The Hall–Kier alpha value is -2.07. The van der Waals surface area contributed by atoms with Crippen LogP contribution in [0, 0.1) is 25.1 Å². The summed E-state index contributed by atoms with van der Waals surface area (Å²) in [5, 5.41) is 7.98. The molecule has 3 nitrogen and oxygen atoms in total. The van der Waals surface area contributed by atoms with Crippen LogP contribution in [0.2, 0.25) is 5.02 Å². The number of halogens is 2. The Morgan fingerprint density at radius 1 is 1.24 bits per heavy atom. The molecule has 2 rings (SSSR count). The molecule has 0 bridgehead atoms. The van der Waals surface area contributed by atoms with Crippen LogP contribution in [-0.2, 0) is 6.61 Å². The van der Waals surface area contributed by atoms with Crippen molar-refractivity contribution in [3.8, 4) is 5.75 Å². The lowest BCUT2D eigenvalue weighted by atomic mass is 10.1. The molecule has 0 atom stereocenters. The van der Waals surface area contributed by atoms with Gasteiger partial charge in [0.15, 0.2) is 0 Å². The van der Waals surface area contributed by atoms with Gasteiger partial charge in [-0.25, -0.2) is 4.39 Å². The summed E-state index contributed by atoms with van der Waals surface area (Å²) in [6, 6.07) is 8.04. The van der Waals surface area contributed by atoms with E-state index in [1.807, 2.05) is 26.0 Å². The summed E-state index contributed by atoms with van der Waals surface area (Å²) >= 11 is 6.09. The fourth-order valence-corrected chi connectivity index (χ4v) is 2.09. The Balaban J connectivity index is 2.15. The molecular formula is C16H16ClFN2O. The number of rotatable bonds is 4. The van der Waals surface area contributed by atoms with Gasteiger partial charge in [0.1, 0.15) is 24.0 Å². The second kappa shape index (κ2) is 6.14. The highest BCUT2D eigenvalue weighted by Gasteiger charge is 2.08. The summed E-state index contributed by atoms with van der Waals surface area (Å²) in [7, 11) is 0. The standard InChI is InChI=1S/C16H16ClFN2O/c1-9-5-13(6-10(2)15(9)17)21-8-12-4-3-11(16(19)20)7-14(12)18/h3-7H,8H2,1-2H3,(H3,19,20). The van der Waals surface area contributed by atoms with Crippen molar-refractivity contribution in [3.63, 3.8) is 0 Å². The van der Waals surface area contributed by atoms with Crippen molar-refractivity contribution in [2.45, 2.75) is 20.5 Å². The lowest BCUT2D eigenvalue weighted by Crippen LogP contribution is -2.12. The molecule has 0 aliphatic heterocycles. The first-order valence-corrected chi connectivity index (χ1v) is 6.78. The van der Waals surface area contributed by atoms with Crippen molar-refractivity contribution in [1.29, 1.82) is 5.41 Å². The normalized spacial score (nSPS) is 10.5. The van der Waals surface area contributed by atoms with E-state index in [2.05, 4.69) is 0 Å². The van der Waals surface area contributed by atoms with Crippen LogP contribution in [0.15, 0.2) is 30.3 Å². The van der Waals surface area contributed by atoms with E-state index in [4.69, 9.17) is 27.5 Å². The van der Waals surface area contributed by atoms with Crippen LogP contribution in [-0.4, -0.2) is 5.84 Å². The first-order chi connectivity index (χ1) is 9.88. The molecule has 0 saturated heterocycles. The van der Waals surface area contributed by atoms with Gasteiger partial charge in [0, 0.05) is 16.1 Å². The van der Waals surface area contributed by atoms with E-state index in [0.29, 0.717) is 21.9 Å². The van der Waals surface area contributed by atoms with E-state index in [1.54, 1.807) is 12.1 Å². The summed E-state index contributed by atoms with van der Waals surface area (Å²) in [6.45, 7) is 3.89. The average Bonchev–Trinajstić information content (AvgIpc) is 2.43. The molecule has 2 aromatic rings. The van der Waals surface area contributed by atoms with E-state index >= 15 is 0 Å². The third kappa shape index (κ3) is 3.52. The molecule has 2 aromatic carbocycles. The number of nitrogen functional groups attached to an aromatic ring is 1. The molecule has 3 N–H and O–H groups in total. The number of nitrogens with one attached hydrogen (secondary N) is 1. The van der Waals surface area contributed by atoms with Gasteiger partial charge in [0.2, 0.25) is 0 Å². The van der Waals surface area contributed by atoms with Crippen molar-refractivity contribution < 1.29 is 9.13 Å². The lowest BCUT2D eigenvalue weighted by Gasteiger charge is -2.11. The summed E-state index contributed by atoms with van der Waals surface area (Å²) in [5.41, 5.74) is 7.91. The zero-order chi connectivity index (χ0) is 15.6. The molecule has 5 heteroatoms. The Bertz CT molecular complexity index is 678. The third-order valence-corrected chi connectivity index (χ3v) is 3.76. The van der Waals surface area contributed by atoms with E-state index in [-0.39, 0.29) is 12.4 Å². The fourth-order valence-electron chi connectivity index (χ4n) is 1.98. The van der Waals surface area contributed by atoms with Crippen LogP contribution < -0.4 is 10.5 Å². The maximum absolute atomic E-state index is 13.9. The van der Waals surface area contributed by atoms with Crippen molar-refractivity contribution in [2.75, 3.05) is 0 Å². The van der Waals surface area contributed by atoms with Gasteiger partial charge in [-0.2, -0.15) is 0 Å². The topological polar surface area (TPSA) is 59.1 Å². The molecule has 21 heavy (non-hydrogen) atoms. The van der Waals surface area contributed by atoms with Crippen LogP contribution in [0.4, 0.5) is 4.39 Å². The number of ether oxygens (including phenoxy) is 1. The second-order valence-electron chi connectivity index (χ2n) is 4.88. The maximum Gasteiger partial charge on any atom is 0.130 e. The van der Waals surface area contributed by atoms with E-state index in [9.17, 15) is 4.39 Å². The number of aryl methyl sites for hydroxylation is 2. The predicted octanol–water partition coefficient (Wildman–Crippen LogP) is 3.96. The van der Waals surface area contributed by atoms with Gasteiger partial charge in [-0.3, -0.25) is 5.41 Å². The zero-order valence-electron chi connectivity index (χ0n) is 11.8. The maximum atomic E-state index is 13.9. The molecular weight excluding hydrogens is 291 g/mol. The first-order valence-electron chi connectivity index (χ1n) is 6.41. The minimum absolute atomic E-state index is 0.102. The van der Waals surface area contributed by atoms with E-state index < -0.39 is 5.82 Å². The molecule has 0 aromatic heterocycles. The molecule has 0 fully saturated rings. The minimum Gasteiger partial charge on any atom is -0.489 e. The lowest BCUT2D eigenvalue weighted by molar-refractivity contribution is 0.299. The zero-order valence-corrected chi connectivity index (χ0v) is 12.6. The van der Waals surface area contributed by atoms with Crippen LogP contribution in [0.3, 0.4) is 0 Å². The van der Waals surface area contributed by atoms with Gasteiger partial charge in [0.05, 0.1) is 0 Å². The second-order valence-corrected chi connectivity index (χ2v) is 5.26. The SMILES string of the molecule is Cc1cc(OCc2ccc(C(=N)N)cc2F)cc(C)c1Cl. The van der Waals surface area contributed by atoms with Crippen LogP contribution >= 0.6 is 11.6 Å². The Morgan fingerprint density at radius 3 is 2.38 bits per heavy atom. The summed E-state index contributed by atoms with van der Waals surface area (Å²) in [5.74, 6) is 0.0415. The van der Waals surface area contributed by atoms with Gasteiger partial charge < -0.3 is 10.5 Å². The molecule has 0 aliphatic rings. The van der Waals surface area contributed by atoms with Gasteiger partial charge >= 0.3 is 0 Å². The number of amidine groups is 1. The quantitative estimate of drug-likeness (QED) is 0.663. The van der Waals surface area contributed by atoms with Gasteiger partial charge in [0.25, 0.3) is 0 Å². The number of benzene rings is 2. The Labute approximate surface area is 128 Å². The van der Waals surface area contributed by atoms with Gasteiger partial charge in [-0.15, -0.1) is 0 Å². The fraction of sp³-hybridized carbons (Fsp3) is 0.188. The molecule has 110 valence electrons. The highest BCUT2D eigenvalue weighted by atomic mass is 35.5. The molecule has 0 heterocycles. The number of hydrogen-bond acceptors (Lipinski definition) is 2. The predicted molar refractivity (Wildman–Crippen MR) is 82.7 cm³/mol. The Morgan fingerprint density at radius 2 is 1.86 bits per heavy atom. The Kier molecular flexibility index (Phi) is 4.48. The highest BCUT2D eigenvalue weighted by molar-refractivity contribution is 6.32. The monoisotopic (exact) mass is 306 g/mol. The molecule has 0 aliphatic carbocycles. The van der Waals surface area contributed by atoms with E-state index in [0.717, 1.165) is 11.1 Å². The largest absolute Gasteiger partial charge is 0.489 e. The molecule has 0 saturated carbocycles. The number of hydrogen-bond donors (Lipinski definition) is 2. The van der Waals surface area contributed by atoms with Crippen molar-refractivity contribution in [1.82, 2.24) is 0 Å². The highest BCUT2D eigenvalue weighted by Crippen LogP contribution is 2.26. The number of nitrogens with two attached hydrogens (primary N) is 1. The summed E-state index contributed by atoms with van der Waals surface area (Å²) in [6.07, 6.45) is 0. The molecule has 0 radical (unpaired) electrons. The van der Waals surface area contributed by atoms with Crippen molar-refractivity contribution in [3.05, 3.63) is 63.4 Å². The smallest absolute Gasteiger partial charge is 0.130 e. The summed E-state index contributed by atoms with van der Waals surface area (Å²) in [4.78, 5) is 0. The first kappa shape index (κ1) is 15.3. The van der Waals surface area contributed by atoms with Crippen LogP contribution in [0.25, 0.3) is 0 Å². The van der Waals surface area contributed by atoms with E-state index in [1.165, 1.54) is 6.07 Å². The average molecular weight is 307 g/mol. The molecule has 0 unspecified atom stereocenters. The van der Waals surface area contributed by atoms with Gasteiger partial charge in [-0.1, -0.05) is 23.7 Å². The van der Waals surface area contributed by atoms with Crippen LogP contribution in [0.5, 0.6) is 5.75 Å². The van der Waals surface area contributed by atoms with Crippen LogP contribution in [0.1, 0.15) is 22.3 Å². The summed E-state index contributed by atoms with van der Waals surface area (Å²) < 4.78 is 19.5.